The van der Waals surface area contributed by atoms with E-state index in [1.54, 1.807) is 37.3 Å². The van der Waals surface area contributed by atoms with Crippen molar-refractivity contribution in [3.8, 4) is 0 Å². The van der Waals surface area contributed by atoms with Crippen molar-refractivity contribution in [2.75, 3.05) is 25.2 Å². The Morgan fingerprint density at radius 1 is 1.18 bits per heavy atom. The number of benzene rings is 2. The minimum absolute atomic E-state index is 0.115. The first-order valence-corrected chi connectivity index (χ1v) is 10.6. The maximum atomic E-state index is 12.9. The number of rotatable bonds is 7. The first-order valence-electron chi connectivity index (χ1n) is 8.40. The predicted octanol–water partition coefficient (Wildman–Crippen LogP) is 3.09. The Morgan fingerprint density at radius 3 is 2.36 bits per heavy atom. The van der Waals surface area contributed by atoms with Gasteiger partial charge in [-0.05, 0) is 30.7 Å². The highest BCUT2D eigenvalue weighted by atomic mass is 35.5. The number of anilines is 1. The van der Waals surface area contributed by atoms with Crippen LogP contribution in [0.1, 0.15) is 28.9 Å². The number of amides is 1. The minimum Gasteiger partial charge on any atom is -0.462 e. The molecule has 1 amide bonds. The summed E-state index contributed by atoms with van der Waals surface area (Å²) < 4.78 is 29.9. The number of nitrogens with zero attached hydrogens (tertiary/aromatic N) is 1. The van der Waals surface area contributed by atoms with E-state index in [-0.39, 0.29) is 17.2 Å². The second-order valence-electron chi connectivity index (χ2n) is 6.00. The van der Waals surface area contributed by atoms with Crippen LogP contribution < -0.4 is 5.32 Å². The molecule has 2 aromatic carbocycles. The molecule has 0 saturated carbocycles. The van der Waals surface area contributed by atoms with Gasteiger partial charge in [0.15, 0.2) is 0 Å². The number of carbonyl (C=O) groups is 2. The molecule has 2 rings (SSSR count). The average Bonchev–Trinajstić information content (AvgIpc) is 2.62. The van der Waals surface area contributed by atoms with Crippen molar-refractivity contribution in [1.29, 1.82) is 0 Å². The molecule has 1 N–H and O–H groups in total. The van der Waals surface area contributed by atoms with Gasteiger partial charge in [0, 0.05) is 12.7 Å². The van der Waals surface area contributed by atoms with Crippen LogP contribution in [-0.4, -0.2) is 44.5 Å². The van der Waals surface area contributed by atoms with Crippen LogP contribution in [0, 0.1) is 0 Å². The van der Waals surface area contributed by atoms with Crippen molar-refractivity contribution < 1.29 is 22.7 Å². The van der Waals surface area contributed by atoms with Crippen LogP contribution in [0.25, 0.3) is 0 Å². The summed E-state index contributed by atoms with van der Waals surface area (Å²) in [7, 11) is -2.30. The molecule has 1 atom stereocenters. The summed E-state index contributed by atoms with van der Waals surface area (Å²) in [5.74, 6) is -1.12. The van der Waals surface area contributed by atoms with E-state index in [0.717, 1.165) is 10.6 Å². The quantitative estimate of drug-likeness (QED) is 0.689. The van der Waals surface area contributed by atoms with Gasteiger partial charge >= 0.3 is 5.97 Å². The van der Waals surface area contributed by atoms with Gasteiger partial charge < -0.3 is 10.1 Å². The Balaban J connectivity index is 2.31. The van der Waals surface area contributed by atoms with E-state index in [1.165, 1.54) is 25.2 Å². The fourth-order valence-electron chi connectivity index (χ4n) is 2.53. The molecule has 0 aliphatic rings. The highest BCUT2D eigenvalue weighted by Gasteiger charge is 2.30. The molecule has 2 aromatic rings. The first kappa shape index (κ1) is 21.9. The summed E-state index contributed by atoms with van der Waals surface area (Å²) >= 11 is 6.12. The second kappa shape index (κ2) is 9.18. The van der Waals surface area contributed by atoms with E-state index in [1.807, 2.05) is 0 Å². The highest BCUT2D eigenvalue weighted by molar-refractivity contribution is 7.88. The van der Waals surface area contributed by atoms with E-state index in [4.69, 9.17) is 16.3 Å². The zero-order chi connectivity index (χ0) is 20.9. The summed E-state index contributed by atoms with van der Waals surface area (Å²) in [5, 5.41) is 2.77. The Hall–Kier alpha value is -2.42. The van der Waals surface area contributed by atoms with Crippen molar-refractivity contribution >= 4 is 39.2 Å². The van der Waals surface area contributed by atoms with Gasteiger partial charge in [0.2, 0.25) is 15.9 Å². The number of sulfonamides is 1. The summed E-state index contributed by atoms with van der Waals surface area (Å²) in [6, 6.07) is 11.8. The smallest absolute Gasteiger partial charge is 0.339 e. The lowest BCUT2D eigenvalue weighted by Gasteiger charge is -2.25. The second-order valence-corrected chi connectivity index (χ2v) is 8.45. The molecule has 0 bridgehead atoms. The normalized spacial score (nSPS) is 12.5. The SMILES string of the molecule is CCOC(=O)c1ccc(NC(=O)[C@@H](c2ccccc2)N(C)S(C)(=O)=O)cc1Cl. The number of carbonyl (C=O) groups excluding carboxylic acids is 2. The third-order valence-electron chi connectivity index (χ3n) is 3.98. The van der Waals surface area contributed by atoms with Gasteiger partial charge in [-0.2, -0.15) is 4.31 Å². The molecular formula is C19H21ClN2O5S. The predicted molar refractivity (Wildman–Crippen MR) is 108 cm³/mol. The van der Waals surface area contributed by atoms with E-state index < -0.39 is 27.9 Å². The van der Waals surface area contributed by atoms with Crippen LogP contribution in [0.3, 0.4) is 0 Å². The lowest BCUT2D eigenvalue weighted by molar-refractivity contribution is -0.119. The van der Waals surface area contributed by atoms with E-state index in [2.05, 4.69) is 5.32 Å². The van der Waals surface area contributed by atoms with Crippen molar-refractivity contribution in [3.05, 3.63) is 64.7 Å². The van der Waals surface area contributed by atoms with Gasteiger partial charge in [-0.15, -0.1) is 0 Å². The van der Waals surface area contributed by atoms with Crippen LogP contribution in [-0.2, 0) is 19.6 Å². The molecule has 0 saturated heterocycles. The van der Waals surface area contributed by atoms with Crippen molar-refractivity contribution in [2.45, 2.75) is 13.0 Å². The van der Waals surface area contributed by atoms with E-state index in [0.29, 0.717) is 11.3 Å². The summed E-state index contributed by atoms with van der Waals surface area (Å²) in [6.45, 7) is 1.90. The zero-order valence-electron chi connectivity index (χ0n) is 15.7. The molecular weight excluding hydrogens is 404 g/mol. The monoisotopic (exact) mass is 424 g/mol. The molecule has 7 nitrogen and oxygen atoms in total. The van der Waals surface area contributed by atoms with Gasteiger partial charge in [0.05, 0.1) is 23.4 Å². The summed E-state index contributed by atoms with van der Waals surface area (Å²) in [4.78, 5) is 24.7. The third-order valence-corrected chi connectivity index (χ3v) is 5.55. The molecule has 0 spiro atoms. The molecule has 9 heteroatoms. The molecule has 150 valence electrons. The standard InChI is InChI=1S/C19H21ClN2O5S/c1-4-27-19(24)15-11-10-14(12-16(15)20)21-18(23)17(22(2)28(3,25)26)13-8-6-5-7-9-13/h5-12,17H,4H2,1-3H3,(H,21,23)/t17-/m1/s1. The third kappa shape index (κ3) is 5.31. The number of hydrogen-bond acceptors (Lipinski definition) is 5. The first-order chi connectivity index (χ1) is 13.1. The number of esters is 1. The molecule has 0 heterocycles. The lowest BCUT2D eigenvalue weighted by Crippen LogP contribution is -2.38. The Morgan fingerprint density at radius 2 is 1.82 bits per heavy atom. The van der Waals surface area contributed by atoms with Crippen molar-refractivity contribution in [3.63, 3.8) is 0 Å². The summed E-state index contributed by atoms with van der Waals surface area (Å²) in [5.41, 5.74) is 1.02. The largest absolute Gasteiger partial charge is 0.462 e. The number of nitrogens with one attached hydrogen (secondary N) is 1. The molecule has 28 heavy (non-hydrogen) atoms. The Kier molecular flexibility index (Phi) is 7.17. The van der Waals surface area contributed by atoms with Crippen LogP contribution in [0.15, 0.2) is 48.5 Å². The fourth-order valence-corrected chi connectivity index (χ4v) is 3.39. The number of hydrogen-bond donors (Lipinski definition) is 1. The Bertz CT molecular complexity index is 964. The summed E-state index contributed by atoms with van der Waals surface area (Å²) in [6.07, 6.45) is 1.03. The molecule has 0 radical (unpaired) electrons. The van der Waals surface area contributed by atoms with Gasteiger partial charge in [-0.1, -0.05) is 41.9 Å². The molecule has 0 aromatic heterocycles. The van der Waals surface area contributed by atoms with Gasteiger partial charge in [-0.25, -0.2) is 13.2 Å². The molecule has 0 unspecified atom stereocenters. The van der Waals surface area contributed by atoms with Crippen LogP contribution in [0.2, 0.25) is 5.02 Å². The van der Waals surface area contributed by atoms with Gasteiger partial charge in [-0.3, -0.25) is 4.79 Å². The maximum absolute atomic E-state index is 12.9. The van der Waals surface area contributed by atoms with Crippen LogP contribution in [0.4, 0.5) is 5.69 Å². The zero-order valence-corrected chi connectivity index (χ0v) is 17.3. The number of likely N-dealkylation sites (N-methyl/N-ethyl adjacent to an activating group) is 1. The van der Waals surface area contributed by atoms with Gasteiger partial charge in [0.25, 0.3) is 0 Å². The average molecular weight is 425 g/mol. The van der Waals surface area contributed by atoms with E-state index >= 15 is 0 Å². The number of ether oxygens (including phenoxy) is 1. The maximum Gasteiger partial charge on any atom is 0.339 e. The van der Waals surface area contributed by atoms with Crippen LogP contribution >= 0.6 is 11.6 Å². The van der Waals surface area contributed by atoms with E-state index in [9.17, 15) is 18.0 Å². The minimum atomic E-state index is -3.63. The van der Waals surface area contributed by atoms with Crippen LogP contribution in [0.5, 0.6) is 0 Å². The number of halogens is 1. The Labute approximate surface area is 169 Å². The fraction of sp³-hybridized carbons (Fsp3) is 0.263. The topological polar surface area (TPSA) is 92.8 Å². The van der Waals surface area contributed by atoms with Crippen molar-refractivity contribution in [1.82, 2.24) is 4.31 Å². The lowest BCUT2D eigenvalue weighted by atomic mass is 10.1. The molecule has 0 fully saturated rings. The van der Waals surface area contributed by atoms with Gasteiger partial charge in [0.1, 0.15) is 6.04 Å². The van der Waals surface area contributed by atoms with Crippen molar-refractivity contribution in [2.24, 2.45) is 0 Å². The molecule has 0 aliphatic carbocycles. The molecule has 0 aliphatic heterocycles. The highest BCUT2D eigenvalue weighted by Crippen LogP contribution is 2.26.